The second kappa shape index (κ2) is 7.00. The second-order valence-corrected chi connectivity index (χ2v) is 5.49. The molecule has 0 amide bonds. The molecule has 0 fully saturated rings. The highest BCUT2D eigenvalue weighted by Gasteiger charge is 2.09. The third-order valence-electron chi connectivity index (χ3n) is 1.96. The van der Waals surface area contributed by atoms with Crippen LogP contribution in [0, 0.1) is 0 Å². The first-order valence-electron chi connectivity index (χ1n) is 4.51. The van der Waals surface area contributed by atoms with E-state index in [0.29, 0.717) is 11.8 Å². The number of halogens is 4. The maximum absolute atomic E-state index is 5.76. The normalized spacial score (nSPS) is 10.4. The van der Waals surface area contributed by atoms with E-state index in [0.717, 1.165) is 27.7 Å². The lowest BCUT2D eigenvalue weighted by molar-refractivity contribution is 0.871. The molecule has 0 atom stereocenters. The van der Waals surface area contributed by atoms with Crippen molar-refractivity contribution in [2.75, 3.05) is 29.7 Å². The van der Waals surface area contributed by atoms with Gasteiger partial charge in [0.25, 0.3) is 0 Å². The molecule has 0 spiro atoms. The molecule has 0 aliphatic rings. The van der Waals surface area contributed by atoms with Crippen LogP contribution in [0.25, 0.3) is 0 Å². The number of hydrogen-bond donors (Lipinski definition) is 0. The molecule has 84 valence electrons. The Morgan fingerprint density at radius 1 is 1.07 bits per heavy atom. The van der Waals surface area contributed by atoms with E-state index < -0.39 is 0 Å². The zero-order valence-electron chi connectivity index (χ0n) is 8.02. The molecule has 0 bridgehead atoms. The van der Waals surface area contributed by atoms with Gasteiger partial charge in [0.2, 0.25) is 0 Å². The van der Waals surface area contributed by atoms with Crippen LogP contribution in [0.3, 0.4) is 0 Å². The number of rotatable bonds is 5. The minimum absolute atomic E-state index is 0.597. The van der Waals surface area contributed by atoms with Crippen molar-refractivity contribution in [1.82, 2.24) is 0 Å². The van der Waals surface area contributed by atoms with Gasteiger partial charge in [-0.15, -0.1) is 23.2 Å². The predicted molar refractivity (Wildman–Crippen MR) is 75.5 cm³/mol. The molecule has 0 N–H and O–H groups in total. The predicted octanol–water partition coefficient (Wildman–Crippen LogP) is 4.50. The van der Waals surface area contributed by atoms with E-state index in [9.17, 15) is 0 Å². The third kappa shape index (κ3) is 4.14. The maximum Gasteiger partial charge on any atom is 0.0512 e. The Hall–Kier alpha value is 0.560. The molecule has 0 aromatic heterocycles. The monoisotopic (exact) mass is 373 g/mol. The first-order chi connectivity index (χ1) is 7.19. The molecule has 5 heteroatoms. The maximum atomic E-state index is 5.76. The average Bonchev–Trinajstić information content (AvgIpc) is 2.17. The van der Waals surface area contributed by atoms with Gasteiger partial charge in [-0.2, -0.15) is 0 Å². The van der Waals surface area contributed by atoms with E-state index in [1.54, 1.807) is 0 Å². The minimum Gasteiger partial charge on any atom is -0.368 e. The molecule has 0 saturated carbocycles. The fourth-order valence-electron chi connectivity index (χ4n) is 1.29. The van der Waals surface area contributed by atoms with Crippen molar-refractivity contribution in [2.24, 2.45) is 0 Å². The smallest absolute Gasteiger partial charge is 0.0512 e. The van der Waals surface area contributed by atoms with Crippen LogP contribution in [0.5, 0.6) is 0 Å². The minimum atomic E-state index is 0.597. The van der Waals surface area contributed by atoms with Crippen LogP contribution in [-0.4, -0.2) is 24.8 Å². The summed E-state index contributed by atoms with van der Waals surface area (Å²) in [6, 6.07) is 6.08. The largest absolute Gasteiger partial charge is 0.368 e. The summed E-state index contributed by atoms with van der Waals surface area (Å²) in [6.07, 6.45) is 0. The molecular formula is C10H11Br2Cl2N. The van der Waals surface area contributed by atoms with E-state index in [-0.39, 0.29) is 0 Å². The lowest BCUT2D eigenvalue weighted by Gasteiger charge is -2.24. The van der Waals surface area contributed by atoms with Gasteiger partial charge in [-0.1, -0.05) is 15.9 Å². The summed E-state index contributed by atoms with van der Waals surface area (Å²) in [4.78, 5) is 2.16. The van der Waals surface area contributed by atoms with Crippen molar-refractivity contribution in [2.45, 2.75) is 0 Å². The fourth-order valence-corrected chi connectivity index (χ4v) is 3.00. The highest BCUT2D eigenvalue weighted by molar-refractivity contribution is 9.11. The number of hydrogen-bond acceptors (Lipinski definition) is 1. The van der Waals surface area contributed by atoms with Crippen LogP contribution in [0.1, 0.15) is 0 Å². The topological polar surface area (TPSA) is 3.24 Å². The molecule has 15 heavy (non-hydrogen) atoms. The van der Waals surface area contributed by atoms with Gasteiger partial charge in [-0.05, 0) is 34.1 Å². The number of alkyl halides is 2. The highest BCUT2D eigenvalue weighted by atomic mass is 79.9. The molecule has 0 radical (unpaired) electrons. The zero-order chi connectivity index (χ0) is 11.3. The Bertz CT molecular complexity index is 314. The number of benzene rings is 1. The lowest BCUT2D eigenvalue weighted by atomic mass is 10.3. The van der Waals surface area contributed by atoms with Crippen LogP contribution >= 0.6 is 55.1 Å². The summed E-state index contributed by atoms with van der Waals surface area (Å²) in [6.45, 7) is 1.60. The quantitative estimate of drug-likeness (QED) is 0.685. The molecule has 0 aliphatic heterocycles. The van der Waals surface area contributed by atoms with Crippen molar-refractivity contribution >= 4 is 60.7 Å². The van der Waals surface area contributed by atoms with Crippen LogP contribution in [0.2, 0.25) is 0 Å². The molecule has 1 aromatic carbocycles. The van der Waals surface area contributed by atoms with Gasteiger partial charge in [0.05, 0.1) is 5.69 Å². The SMILES string of the molecule is ClCCN(CCCl)c1ccc(Br)cc1Br. The first-order valence-corrected chi connectivity index (χ1v) is 7.16. The van der Waals surface area contributed by atoms with Gasteiger partial charge in [-0.25, -0.2) is 0 Å². The number of nitrogens with zero attached hydrogens (tertiary/aromatic N) is 1. The molecule has 0 aliphatic carbocycles. The Balaban J connectivity index is 2.89. The van der Waals surface area contributed by atoms with Crippen LogP contribution < -0.4 is 4.90 Å². The Morgan fingerprint density at radius 2 is 1.67 bits per heavy atom. The fraction of sp³-hybridized carbons (Fsp3) is 0.400. The van der Waals surface area contributed by atoms with E-state index in [2.05, 4.69) is 36.8 Å². The van der Waals surface area contributed by atoms with Crippen LogP contribution in [0.4, 0.5) is 5.69 Å². The number of anilines is 1. The van der Waals surface area contributed by atoms with E-state index in [4.69, 9.17) is 23.2 Å². The molecule has 1 aromatic rings. The van der Waals surface area contributed by atoms with E-state index in [1.807, 2.05) is 18.2 Å². The molecule has 1 rings (SSSR count). The van der Waals surface area contributed by atoms with Gasteiger partial charge >= 0.3 is 0 Å². The van der Waals surface area contributed by atoms with Crippen molar-refractivity contribution < 1.29 is 0 Å². The Morgan fingerprint density at radius 3 is 2.13 bits per heavy atom. The molecule has 0 unspecified atom stereocenters. The van der Waals surface area contributed by atoms with Crippen LogP contribution in [-0.2, 0) is 0 Å². The summed E-state index contributed by atoms with van der Waals surface area (Å²) in [5.74, 6) is 1.19. The summed E-state index contributed by atoms with van der Waals surface area (Å²) in [7, 11) is 0. The molecule has 0 saturated heterocycles. The first kappa shape index (κ1) is 13.6. The zero-order valence-corrected chi connectivity index (χ0v) is 12.7. The van der Waals surface area contributed by atoms with Gasteiger partial charge in [0.15, 0.2) is 0 Å². The molecule has 0 heterocycles. The van der Waals surface area contributed by atoms with E-state index in [1.165, 1.54) is 0 Å². The molecule has 1 nitrogen and oxygen atoms in total. The Labute approximate surface area is 117 Å². The summed E-state index contributed by atoms with van der Waals surface area (Å²) >= 11 is 18.5. The van der Waals surface area contributed by atoms with Crippen LogP contribution in [0.15, 0.2) is 27.1 Å². The standard InChI is InChI=1S/C10H11Br2Cl2N/c11-8-1-2-10(9(12)7-8)15(5-3-13)6-4-14/h1-2,7H,3-6H2. The van der Waals surface area contributed by atoms with Crippen molar-refractivity contribution in [1.29, 1.82) is 0 Å². The summed E-state index contributed by atoms with van der Waals surface area (Å²) in [5.41, 5.74) is 1.12. The second-order valence-electron chi connectivity index (χ2n) is 2.96. The highest BCUT2D eigenvalue weighted by Crippen LogP contribution is 2.29. The van der Waals surface area contributed by atoms with Gasteiger partial charge in [0.1, 0.15) is 0 Å². The lowest BCUT2D eigenvalue weighted by Crippen LogP contribution is -2.27. The summed E-state index contributed by atoms with van der Waals surface area (Å²) in [5, 5.41) is 0. The van der Waals surface area contributed by atoms with Gasteiger partial charge < -0.3 is 4.90 Å². The van der Waals surface area contributed by atoms with Crippen molar-refractivity contribution in [3.05, 3.63) is 27.1 Å². The van der Waals surface area contributed by atoms with Gasteiger partial charge in [0, 0.05) is 33.8 Å². The van der Waals surface area contributed by atoms with Crippen molar-refractivity contribution in [3.63, 3.8) is 0 Å². The molecular weight excluding hydrogens is 365 g/mol. The summed E-state index contributed by atoms with van der Waals surface area (Å²) < 4.78 is 2.10. The van der Waals surface area contributed by atoms with E-state index >= 15 is 0 Å². The Kier molecular flexibility index (Phi) is 6.36. The van der Waals surface area contributed by atoms with Crippen molar-refractivity contribution in [3.8, 4) is 0 Å². The third-order valence-corrected chi connectivity index (χ3v) is 3.43. The average molecular weight is 376 g/mol. The van der Waals surface area contributed by atoms with Gasteiger partial charge in [-0.3, -0.25) is 0 Å².